The molecular formula is C24H24FN3O2S. The Morgan fingerprint density at radius 1 is 1.10 bits per heavy atom. The molecule has 2 heterocycles. The van der Waals surface area contributed by atoms with Crippen LogP contribution in [0.1, 0.15) is 32.0 Å². The highest BCUT2D eigenvalue weighted by atomic mass is 32.1. The molecule has 1 atom stereocenters. The first-order valence-corrected chi connectivity index (χ1v) is 11.1. The average molecular weight is 438 g/mol. The molecule has 4 rings (SSSR count). The van der Waals surface area contributed by atoms with E-state index in [-0.39, 0.29) is 11.5 Å². The molecule has 31 heavy (non-hydrogen) atoms. The SMILES string of the molecule is Cc1cc(NC(=O)c2cccc(F)c2)sc1C(=O)NCC1CCN(c2ccccc2)C1. The van der Waals surface area contributed by atoms with Gasteiger partial charge in [0.1, 0.15) is 5.82 Å². The molecule has 0 radical (unpaired) electrons. The number of amides is 2. The van der Waals surface area contributed by atoms with Gasteiger partial charge in [0.2, 0.25) is 0 Å². The summed E-state index contributed by atoms with van der Waals surface area (Å²) < 4.78 is 13.3. The van der Waals surface area contributed by atoms with Gasteiger partial charge in [0.15, 0.2) is 0 Å². The van der Waals surface area contributed by atoms with Crippen LogP contribution in [0.4, 0.5) is 15.1 Å². The summed E-state index contributed by atoms with van der Waals surface area (Å²) >= 11 is 1.23. The van der Waals surface area contributed by atoms with Crippen molar-refractivity contribution in [2.45, 2.75) is 13.3 Å². The van der Waals surface area contributed by atoms with Crippen LogP contribution in [0.3, 0.4) is 0 Å². The molecule has 0 bridgehead atoms. The maximum Gasteiger partial charge on any atom is 0.261 e. The van der Waals surface area contributed by atoms with E-state index in [1.165, 1.54) is 35.2 Å². The molecule has 1 aliphatic rings. The van der Waals surface area contributed by atoms with Gasteiger partial charge in [-0.2, -0.15) is 0 Å². The van der Waals surface area contributed by atoms with Gasteiger partial charge in [-0.15, -0.1) is 11.3 Å². The Hall–Kier alpha value is -3.19. The van der Waals surface area contributed by atoms with Crippen molar-refractivity contribution in [2.75, 3.05) is 29.9 Å². The molecule has 0 aliphatic carbocycles. The second-order valence-corrected chi connectivity index (χ2v) is 8.79. The summed E-state index contributed by atoms with van der Waals surface area (Å²) in [5.74, 6) is -0.601. The first-order valence-electron chi connectivity index (χ1n) is 10.2. The van der Waals surface area contributed by atoms with Crippen LogP contribution in [0.15, 0.2) is 60.7 Å². The van der Waals surface area contributed by atoms with Crippen molar-refractivity contribution in [2.24, 2.45) is 5.92 Å². The summed E-state index contributed by atoms with van der Waals surface area (Å²) in [5.41, 5.74) is 2.25. The van der Waals surface area contributed by atoms with Crippen molar-refractivity contribution < 1.29 is 14.0 Å². The highest BCUT2D eigenvalue weighted by Crippen LogP contribution is 2.28. The lowest BCUT2D eigenvalue weighted by Gasteiger charge is -2.18. The number of benzene rings is 2. The largest absolute Gasteiger partial charge is 0.371 e. The highest BCUT2D eigenvalue weighted by Gasteiger charge is 2.24. The molecule has 0 spiro atoms. The predicted molar refractivity (Wildman–Crippen MR) is 123 cm³/mol. The van der Waals surface area contributed by atoms with Crippen LogP contribution in [0, 0.1) is 18.7 Å². The van der Waals surface area contributed by atoms with Crippen LogP contribution in [0.5, 0.6) is 0 Å². The predicted octanol–water partition coefficient (Wildman–Crippen LogP) is 4.70. The topological polar surface area (TPSA) is 61.4 Å². The summed E-state index contributed by atoms with van der Waals surface area (Å²) in [6.07, 6.45) is 1.04. The Bertz CT molecular complexity index is 1080. The van der Waals surface area contributed by atoms with E-state index in [2.05, 4.69) is 27.7 Å². The van der Waals surface area contributed by atoms with Crippen LogP contribution in [0.2, 0.25) is 0 Å². The van der Waals surface area contributed by atoms with Gasteiger partial charge in [0.05, 0.1) is 9.88 Å². The Labute approximate surface area is 184 Å². The molecule has 1 aromatic heterocycles. The fraction of sp³-hybridized carbons (Fsp3) is 0.250. The molecule has 160 valence electrons. The van der Waals surface area contributed by atoms with Gasteiger partial charge < -0.3 is 15.5 Å². The van der Waals surface area contributed by atoms with Crippen molar-refractivity contribution in [1.82, 2.24) is 5.32 Å². The van der Waals surface area contributed by atoms with Crippen LogP contribution in [-0.4, -0.2) is 31.4 Å². The third-order valence-corrected chi connectivity index (χ3v) is 6.56. The number of carbonyl (C=O) groups is 2. The van der Waals surface area contributed by atoms with Gasteiger partial charge >= 0.3 is 0 Å². The van der Waals surface area contributed by atoms with E-state index < -0.39 is 11.7 Å². The second kappa shape index (κ2) is 9.31. The summed E-state index contributed by atoms with van der Waals surface area (Å²) in [5, 5.41) is 6.35. The van der Waals surface area contributed by atoms with Crippen molar-refractivity contribution in [1.29, 1.82) is 0 Å². The highest BCUT2D eigenvalue weighted by molar-refractivity contribution is 7.18. The molecule has 1 unspecified atom stereocenters. The van der Waals surface area contributed by atoms with Gasteiger partial charge in [-0.25, -0.2) is 4.39 Å². The first kappa shape index (κ1) is 21.1. The third kappa shape index (κ3) is 5.11. The fourth-order valence-corrected chi connectivity index (χ4v) is 4.76. The molecule has 2 aromatic carbocycles. The minimum absolute atomic E-state index is 0.132. The molecule has 0 saturated carbocycles. The van der Waals surface area contributed by atoms with E-state index in [0.29, 0.717) is 22.3 Å². The zero-order valence-corrected chi connectivity index (χ0v) is 18.0. The van der Waals surface area contributed by atoms with Crippen molar-refractivity contribution in [3.05, 3.63) is 82.5 Å². The molecule has 3 aromatic rings. The summed E-state index contributed by atoms with van der Waals surface area (Å²) in [6, 6.07) is 17.6. The lowest BCUT2D eigenvalue weighted by molar-refractivity contribution is 0.0951. The van der Waals surface area contributed by atoms with E-state index in [9.17, 15) is 14.0 Å². The Balaban J connectivity index is 1.32. The molecule has 5 nitrogen and oxygen atoms in total. The number of anilines is 2. The zero-order valence-electron chi connectivity index (χ0n) is 17.2. The van der Waals surface area contributed by atoms with Gasteiger partial charge in [0, 0.05) is 30.9 Å². The van der Waals surface area contributed by atoms with E-state index in [1.54, 1.807) is 12.1 Å². The smallest absolute Gasteiger partial charge is 0.261 e. The number of carbonyl (C=O) groups excluding carboxylic acids is 2. The van der Waals surface area contributed by atoms with Gasteiger partial charge in [-0.1, -0.05) is 24.3 Å². The van der Waals surface area contributed by atoms with Crippen LogP contribution >= 0.6 is 11.3 Å². The number of nitrogens with zero attached hydrogens (tertiary/aromatic N) is 1. The Morgan fingerprint density at radius 2 is 1.90 bits per heavy atom. The maximum absolute atomic E-state index is 13.3. The van der Waals surface area contributed by atoms with E-state index in [4.69, 9.17) is 0 Å². The number of para-hydroxylation sites is 1. The van der Waals surface area contributed by atoms with E-state index in [1.807, 2.05) is 25.1 Å². The molecular weight excluding hydrogens is 413 g/mol. The van der Waals surface area contributed by atoms with Gasteiger partial charge in [0.25, 0.3) is 11.8 Å². The van der Waals surface area contributed by atoms with Crippen LogP contribution in [0.25, 0.3) is 0 Å². The second-order valence-electron chi connectivity index (χ2n) is 7.73. The molecule has 1 aliphatic heterocycles. The lowest BCUT2D eigenvalue weighted by atomic mass is 10.1. The van der Waals surface area contributed by atoms with E-state index in [0.717, 1.165) is 25.1 Å². The molecule has 2 N–H and O–H groups in total. The van der Waals surface area contributed by atoms with Gasteiger partial charge in [-0.05, 0) is 61.2 Å². The number of hydrogen-bond donors (Lipinski definition) is 2. The zero-order chi connectivity index (χ0) is 21.8. The number of aryl methyl sites for hydroxylation is 1. The Morgan fingerprint density at radius 3 is 2.68 bits per heavy atom. The number of nitrogens with one attached hydrogen (secondary N) is 2. The van der Waals surface area contributed by atoms with Crippen LogP contribution < -0.4 is 15.5 Å². The summed E-state index contributed by atoms with van der Waals surface area (Å²) in [4.78, 5) is 28.0. The quantitative estimate of drug-likeness (QED) is 0.587. The first-order chi connectivity index (χ1) is 15.0. The Kier molecular flexibility index (Phi) is 6.32. The third-order valence-electron chi connectivity index (χ3n) is 5.41. The number of thiophene rings is 1. The van der Waals surface area contributed by atoms with Crippen molar-refractivity contribution >= 4 is 33.8 Å². The van der Waals surface area contributed by atoms with Gasteiger partial charge in [-0.3, -0.25) is 9.59 Å². The lowest BCUT2D eigenvalue weighted by Crippen LogP contribution is -2.30. The van der Waals surface area contributed by atoms with E-state index >= 15 is 0 Å². The molecule has 7 heteroatoms. The molecule has 2 amide bonds. The molecule has 1 fully saturated rings. The summed E-state index contributed by atoms with van der Waals surface area (Å²) in [6.45, 7) is 4.36. The minimum Gasteiger partial charge on any atom is -0.371 e. The van der Waals surface area contributed by atoms with Crippen molar-refractivity contribution in [3.8, 4) is 0 Å². The average Bonchev–Trinajstić information content (AvgIpc) is 3.39. The number of halogens is 1. The van der Waals surface area contributed by atoms with Crippen LogP contribution in [-0.2, 0) is 0 Å². The minimum atomic E-state index is -0.465. The number of rotatable bonds is 6. The number of hydrogen-bond acceptors (Lipinski definition) is 4. The van der Waals surface area contributed by atoms with Crippen molar-refractivity contribution in [3.63, 3.8) is 0 Å². The standard InChI is InChI=1S/C24H24FN3O2S/c1-16-12-21(27-23(29)18-6-5-7-19(25)13-18)31-22(16)24(30)26-14-17-10-11-28(15-17)20-8-3-2-4-9-20/h2-9,12-13,17H,10-11,14-15H2,1H3,(H,26,30)(H,27,29). The normalized spacial score (nSPS) is 15.7. The molecule has 1 saturated heterocycles. The summed E-state index contributed by atoms with van der Waals surface area (Å²) in [7, 11) is 0. The maximum atomic E-state index is 13.3. The fourth-order valence-electron chi connectivity index (χ4n) is 3.77. The monoisotopic (exact) mass is 437 g/mol.